The highest BCUT2D eigenvalue weighted by molar-refractivity contribution is 7.98. The fourth-order valence-corrected chi connectivity index (χ4v) is 9.78. The van der Waals surface area contributed by atoms with Crippen molar-refractivity contribution in [2.45, 2.75) is 63.4 Å². The van der Waals surface area contributed by atoms with Crippen LogP contribution in [0, 0.1) is 10.8 Å². The van der Waals surface area contributed by atoms with Gasteiger partial charge in [-0.25, -0.2) is 0 Å². The van der Waals surface area contributed by atoms with Gasteiger partial charge in [0, 0.05) is 34.5 Å². The van der Waals surface area contributed by atoms with Crippen LogP contribution in [-0.4, -0.2) is 37.7 Å². The highest BCUT2D eigenvalue weighted by Crippen LogP contribution is 2.65. The second-order valence-electron chi connectivity index (χ2n) is 14.8. The van der Waals surface area contributed by atoms with E-state index in [1.165, 1.54) is 12.1 Å². The lowest BCUT2D eigenvalue weighted by Gasteiger charge is -2.51. The number of morpholine rings is 1. The SMILES string of the molecule is CSc1cc2c3c(cc(O)c2cc1-c1ccc(N2CCOCC2)cc1)C1(CC(C)(C)CC(C)(C)C1)c1cc(C(F)(F)F)ccc1-3. The molecule has 1 aliphatic heterocycles. The van der Waals surface area contributed by atoms with E-state index >= 15 is 0 Å². The number of phenols is 1. The largest absolute Gasteiger partial charge is 0.507 e. The number of phenolic OH excluding ortho intramolecular Hbond substituents is 1. The standard InChI is InChI=1S/C38H40F3NO2S/c1-35(2)20-36(3,4)22-37(21-35)30-16-24(38(39,40)41)8-11-26(30)34-29-18-33(45-5)27(17-28(29)32(43)19-31(34)37)23-6-9-25(10-7-23)42-12-14-44-15-13-42/h6-11,16-19,43H,12-15,20-22H2,1-5H3. The average molecular weight is 632 g/mol. The van der Waals surface area contributed by atoms with Crippen LogP contribution in [0.4, 0.5) is 18.9 Å². The van der Waals surface area contributed by atoms with Crippen LogP contribution >= 0.6 is 11.8 Å². The molecule has 0 atom stereocenters. The van der Waals surface area contributed by atoms with Crippen molar-refractivity contribution in [3.05, 3.63) is 77.4 Å². The van der Waals surface area contributed by atoms with Gasteiger partial charge < -0.3 is 14.7 Å². The third-order valence-electron chi connectivity index (χ3n) is 10.2. The normalized spacial score (nSPS) is 20.0. The summed E-state index contributed by atoms with van der Waals surface area (Å²) in [4.78, 5) is 3.39. The Labute approximate surface area is 267 Å². The number of alkyl halides is 3. The van der Waals surface area contributed by atoms with Crippen molar-refractivity contribution in [1.82, 2.24) is 0 Å². The quantitative estimate of drug-likeness (QED) is 0.228. The van der Waals surface area contributed by atoms with Gasteiger partial charge in [0.1, 0.15) is 5.75 Å². The van der Waals surface area contributed by atoms with Gasteiger partial charge in [0.15, 0.2) is 0 Å². The van der Waals surface area contributed by atoms with Gasteiger partial charge in [-0.05, 0) is 118 Å². The second kappa shape index (κ2) is 10.4. The molecule has 4 aromatic rings. The van der Waals surface area contributed by atoms with Crippen molar-refractivity contribution < 1.29 is 23.0 Å². The molecule has 0 unspecified atom stereocenters. The molecule has 1 saturated heterocycles. The molecule has 3 nitrogen and oxygen atoms in total. The first-order valence-electron chi connectivity index (χ1n) is 15.7. The average Bonchev–Trinajstić information content (AvgIpc) is 3.22. The number of anilines is 1. The molecule has 1 heterocycles. The highest BCUT2D eigenvalue weighted by atomic mass is 32.2. The first-order chi connectivity index (χ1) is 21.2. The molecule has 0 amide bonds. The minimum absolute atomic E-state index is 0.0961. The molecule has 3 aliphatic rings. The Morgan fingerprint density at radius 3 is 2.07 bits per heavy atom. The molecule has 4 aromatic carbocycles. The summed E-state index contributed by atoms with van der Waals surface area (Å²) >= 11 is 1.65. The summed E-state index contributed by atoms with van der Waals surface area (Å²) < 4.78 is 47.9. The van der Waals surface area contributed by atoms with Crippen LogP contribution in [0.3, 0.4) is 0 Å². The van der Waals surface area contributed by atoms with Crippen molar-refractivity contribution >= 4 is 28.2 Å². The van der Waals surface area contributed by atoms with E-state index in [2.05, 4.69) is 69.0 Å². The van der Waals surface area contributed by atoms with E-state index in [-0.39, 0.29) is 16.6 Å². The zero-order valence-corrected chi connectivity index (χ0v) is 27.4. The molecule has 2 aliphatic carbocycles. The molecule has 1 N–H and O–H groups in total. The number of hydrogen-bond donors (Lipinski definition) is 1. The molecular weight excluding hydrogens is 591 g/mol. The predicted molar refractivity (Wildman–Crippen MR) is 178 cm³/mol. The van der Waals surface area contributed by atoms with Crippen LogP contribution in [0.5, 0.6) is 5.75 Å². The minimum atomic E-state index is -4.44. The summed E-state index contributed by atoms with van der Waals surface area (Å²) in [5.74, 6) is 0.173. The van der Waals surface area contributed by atoms with Crippen molar-refractivity contribution in [3.8, 4) is 28.0 Å². The van der Waals surface area contributed by atoms with Crippen LogP contribution in [0.1, 0.15) is 63.6 Å². The molecule has 0 aromatic heterocycles. The van der Waals surface area contributed by atoms with Gasteiger partial charge >= 0.3 is 6.18 Å². The lowest BCUT2D eigenvalue weighted by atomic mass is 9.52. The summed E-state index contributed by atoms with van der Waals surface area (Å²) in [7, 11) is 0. The second-order valence-corrected chi connectivity index (χ2v) is 15.6. The van der Waals surface area contributed by atoms with Gasteiger partial charge in [-0.15, -0.1) is 11.8 Å². The van der Waals surface area contributed by atoms with E-state index in [0.29, 0.717) is 0 Å². The molecule has 0 bridgehead atoms. The van der Waals surface area contributed by atoms with Crippen molar-refractivity contribution in [3.63, 3.8) is 0 Å². The molecule has 7 rings (SSSR count). The van der Waals surface area contributed by atoms with Crippen molar-refractivity contribution in [2.75, 3.05) is 37.5 Å². The molecule has 236 valence electrons. The minimum Gasteiger partial charge on any atom is -0.507 e. The van der Waals surface area contributed by atoms with E-state index in [4.69, 9.17) is 4.74 Å². The topological polar surface area (TPSA) is 32.7 Å². The predicted octanol–water partition coefficient (Wildman–Crippen LogP) is 10.3. The molecule has 7 heteroatoms. The number of aromatic hydroxyl groups is 1. The van der Waals surface area contributed by atoms with Gasteiger partial charge in [0.2, 0.25) is 0 Å². The lowest BCUT2D eigenvalue weighted by molar-refractivity contribution is -0.137. The Bertz CT molecular complexity index is 1790. The summed E-state index contributed by atoms with van der Waals surface area (Å²) in [6, 6.07) is 18.9. The molecule has 0 radical (unpaired) electrons. The van der Waals surface area contributed by atoms with Gasteiger partial charge in [0.05, 0.1) is 18.8 Å². The molecule has 1 spiro atoms. The lowest BCUT2D eigenvalue weighted by Crippen LogP contribution is -2.44. The smallest absolute Gasteiger partial charge is 0.416 e. The van der Waals surface area contributed by atoms with Crippen LogP contribution in [0.25, 0.3) is 33.0 Å². The number of fused-ring (bicyclic) bond motifs is 7. The van der Waals surface area contributed by atoms with Gasteiger partial charge in [0.25, 0.3) is 0 Å². The third kappa shape index (κ3) is 5.11. The van der Waals surface area contributed by atoms with E-state index in [1.807, 2.05) is 12.3 Å². The molecular formula is C38H40F3NO2S. The number of nitrogens with zero attached hydrogens (tertiary/aromatic N) is 1. The van der Waals surface area contributed by atoms with Crippen LogP contribution < -0.4 is 4.90 Å². The Morgan fingerprint density at radius 1 is 0.778 bits per heavy atom. The number of thioether (sulfide) groups is 1. The number of rotatable bonds is 3. The van der Waals surface area contributed by atoms with Crippen molar-refractivity contribution in [1.29, 1.82) is 0 Å². The van der Waals surface area contributed by atoms with E-state index in [9.17, 15) is 18.3 Å². The Balaban J connectivity index is 1.44. The number of hydrogen-bond acceptors (Lipinski definition) is 4. The maximum absolute atomic E-state index is 14.1. The fraction of sp³-hybridized carbons (Fsp3) is 0.421. The Hall–Kier alpha value is -3.16. The third-order valence-corrected chi connectivity index (χ3v) is 10.9. The monoisotopic (exact) mass is 631 g/mol. The zero-order valence-electron chi connectivity index (χ0n) is 26.6. The first-order valence-corrected chi connectivity index (χ1v) is 17.0. The van der Waals surface area contributed by atoms with E-state index in [0.717, 1.165) is 100 Å². The number of benzene rings is 4. The number of halogens is 3. The Kier molecular flexibility index (Phi) is 7.07. The summed E-state index contributed by atoms with van der Waals surface area (Å²) in [6.07, 6.45) is 0.0344. The van der Waals surface area contributed by atoms with Gasteiger partial charge in [-0.3, -0.25) is 0 Å². The number of ether oxygens (including phenoxy) is 1. The maximum atomic E-state index is 14.1. The van der Waals surface area contributed by atoms with Gasteiger partial charge in [-0.2, -0.15) is 13.2 Å². The van der Waals surface area contributed by atoms with Crippen LogP contribution in [0.2, 0.25) is 0 Å². The fourth-order valence-electron chi connectivity index (χ4n) is 9.14. The summed E-state index contributed by atoms with van der Waals surface area (Å²) in [5, 5.41) is 13.3. The van der Waals surface area contributed by atoms with E-state index in [1.54, 1.807) is 17.8 Å². The maximum Gasteiger partial charge on any atom is 0.416 e. The van der Waals surface area contributed by atoms with Crippen molar-refractivity contribution in [2.24, 2.45) is 10.8 Å². The molecule has 1 saturated carbocycles. The van der Waals surface area contributed by atoms with Crippen LogP contribution in [0.15, 0.2) is 65.6 Å². The highest BCUT2D eigenvalue weighted by Gasteiger charge is 2.54. The van der Waals surface area contributed by atoms with Crippen LogP contribution in [-0.2, 0) is 16.3 Å². The zero-order chi connectivity index (χ0) is 31.9. The van der Waals surface area contributed by atoms with E-state index < -0.39 is 17.2 Å². The molecule has 45 heavy (non-hydrogen) atoms. The summed E-state index contributed by atoms with van der Waals surface area (Å²) in [6.45, 7) is 12.1. The van der Waals surface area contributed by atoms with Gasteiger partial charge in [-0.1, -0.05) is 45.9 Å². The molecule has 2 fully saturated rings. The first kappa shape index (κ1) is 30.5. The summed E-state index contributed by atoms with van der Waals surface area (Å²) in [5.41, 5.74) is 5.32. The Morgan fingerprint density at radius 2 is 1.44 bits per heavy atom.